The molecule has 2 heterocycles. The molecule has 0 unspecified atom stereocenters. The minimum absolute atomic E-state index is 0.0645. The van der Waals surface area contributed by atoms with E-state index in [2.05, 4.69) is 10.5 Å². The van der Waals surface area contributed by atoms with E-state index in [0.717, 1.165) is 10.9 Å². The van der Waals surface area contributed by atoms with Gasteiger partial charge in [0.1, 0.15) is 0 Å². The summed E-state index contributed by atoms with van der Waals surface area (Å²) in [5.41, 5.74) is 3.92. The van der Waals surface area contributed by atoms with Gasteiger partial charge >= 0.3 is 0 Å². The van der Waals surface area contributed by atoms with Gasteiger partial charge in [-0.05, 0) is 24.3 Å². The zero-order valence-electron chi connectivity index (χ0n) is 14.3. The van der Waals surface area contributed by atoms with E-state index in [0.29, 0.717) is 17.1 Å². The van der Waals surface area contributed by atoms with Crippen molar-refractivity contribution in [3.8, 4) is 11.5 Å². The fraction of sp³-hybridized carbons (Fsp3) is 0.150. The lowest BCUT2D eigenvalue weighted by molar-refractivity contribution is -0.121. The molecule has 1 aliphatic heterocycles. The van der Waals surface area contributed by atoms with Gasteiger partial charge in [-0.25, -0.2) is 5.43 Å². The Balaban J connectivity index is 1.30. The fourth-order valence-electron chi connectivity index (χ4n) is 2.77. The Morgan fingerprint density at radius 2 is 1.96 bits per heavy atom. The van der Waals surface area contributed by atoms with Crippen molar-refractivity contribution >= 4 is 39.3 Å². The second-order valence-corrected chi connectivity index (χ2v) is 6.88. The molecular weight excluding hydrogens is 364 g/mol. The van der Waals surface area contributed by atoms with Gasteiger partial charge in [0.05, 0.1) is 6.21 Å². The first-order chi connectivity index (χ1) is 13.2. The SMILES string of the molecule is O=C(CCC(=O)c1ccc2c(c1)OCO2)N/N=C/c1csc2ccccc12. The second kappa shape index (κ2) is 7.59. The number of Topliss-reactive ketones (excluding diaryl/α,β-unsaturated/α-hetero) is 1. The van der Waals surface area contributed by atoms with Crippen LogP contribution < -0.4 is 14.9 Å². The van der Waals surface area contributed by atoms with Crippen LogP contribution in [0.1, 0.15) is 28.8 Å². The number of hydrogen-bond donors (Lipinski definition) is 1. The van der Waals surface area contributed by atoms with Crippen LogP contribution in [0.3, 0.4) is 0 Å². The summed E-state index contributed by atoms with van der Waals surface area (Å²) in [5.74, 6) is 0.744. The Morgan fingerprint density at radius 3 is 2.89 bits per heavy atom. The van der Waals surface area contributed by atoms with Gasteiger partial charge in [-0.15, -0.1) is 11.3 Å². The lowest BCUT2D eigenvalue weighted by Gasteiger charge is -2.02. The highest BCUT2D eigenvalue weighted by Gasteiger charge is 2.16. The Hall–Kier alpha value is -3.19. The van der Waals surface area contributed by atoms with Crippen LogP contribution in [0.5, 0.6) is 11.5 Å². The molecule has 3 aromatic rings. The van der Waals surface area contributed by atoms with Gasteiger partial charge in [0.25, 0.3) is 0 Å². The van der Waals surface area contributed by atoms with Crippen molar-refractivity contribution < 1.29 is 19.1 Å². The molecule has 0 atom stereocenters. The number of nitrogens with zero attached hydrogens (tertiary/aromatic N) is 1. The largest absolute Gasteiger partial charge is 0.454 e. The summed E-state index contributed by atoms with van der Waals surface area (Å²) >= 11 is 1.63. The molecule has 7 heteroatoms. The zero-order valence-corrected chi connectivity index (χ0v) is 15.1. The van der Waals surface area contributed by atoms with Crippen LogP contribution in [-0.2, 0) is 4.79 Å². The third kappa shape index (κ3) is 3.83. The monoisotopic (exact) mass is 380 g/mol. The van der Waals surface area contributed by atoms with E-state index in [1.165, 1.54) is 4.70 Å². The standard InChI is InChI=1S/C20H16N2O4S/c23-16(13-5-7-17-18(9-13)26-12-25-17)6-8-20(24)22-21-10-14-11-27-19-4-2-1-3-15(14)19/h1-5,7,9-11H,6,8,12H2,(H,22,24)/b21-10+. The Bertz CT molecular complexity index is 1040. The van der Waals surface area contributed by atoms with E-state index >= 15 is 0 Å². The van der Waals surface area contributed by atoms with Crippen LogP contribution in [0.4, 0.5) is 0 Å². The van der Waals surface area contributed by atoms with Crippen LogP contribution in [0.15, 0.2) is 52.9 Å². The summed E-state index contributed by atoms with van der Waals surface area (Å²) in [6, 6.07) is 13.0. The molecule has 0 bridgehead atoms. The maximum atomic E-state index is 12.2. The number of hydrogen-bond acceptors (Lipinski definition) is 6. The van der Waals surface area contributed by atoms with E-state index in [1.54, 1.807) is 35.8 Å². The van der Waals surface area contributed by atoms with E-state index in [-0.39, 0.29) is 31.3 Å². The Labute approximate surface area is 159 Å². The highest BCUT2D eigenvalue weighted by atomic mass is 32.1. The predicted molar refractivity (Wildman–Crippen MR) is 104 cm³/mol. The predicted octanol–water partition coefficient (Wildman–Crippen LogP) is 3.74. The highest BCUT2D eigenvalue weighted by Crippen LogP contribution is 2.32. The van der Waals surface area contributed by atoms with Crippen molar-refractivity contribution in [2.24, 2.45) is 5.10 Å². The second-order valence-electron chi connectivity index (χ2n) is 5.97. The number of hydrazone groups is 1. The molecule has 0 saturated heterocycles. The van der Waals surface area contributed by atoms with Crippen molar-refractivity contribution in [2.45, 2.75) is 12.8 Å². The van der Waals surface area contributed by atoms with Gasteiger partial charge in [0.15, 0.2) is 17.3 Å². The molecular formula is C20H16N2O4S. The van der Waals surface area contributed by atoms with Crippen molar-refractivity contribution in [1.29, 1.82) is 0 Å². The molecule has 0 spiro atoms. The van der Waals surface area contributed by atoms with Gasteiger partial charge in [0, 0.05) is 39.4 Å². The van der Waals surface area contributed by atoms with E-state index in [4.69, 9.17) is 9.47 Å². The van der Waals surface area contributed by atoms with Crippen LogP contribution in [-0.4, -0.2) is 24.7 Å². The molecule has 1 N–H and O–H groups in total. The Morgan fingerprint density at radius 1 is 1.11 bits per heavy atom. The Kier molecular flexibility index (Phi) is 4.84. The van der Waals surface area contributed by atoms with E-state index in [9.17, 15) is 9.59 Å². The average Bonchev–Trinajstić information content (AvgIpc) is 3.32. The molecule has 0 aliphatic carbocycles. The van der Waals surface area contributed by atoms with Crippen molar-refractivity contribution in [3.63, 3.8) is 0 Å². The summed E-state index contributed by atoms with van der Waals surface area (Å²) in [6.07, 6.45) is 1.79. The number of rotatable bonds is 6. The van der Waals surface area contributed by atoms with Gasteiger partial charge in [-0.1, -0.05) is 18.2 Å². The molecule has 0 fully saturated rings. The highest BCUT2D eigenvalue weighted by molar-refractivity contribution is 7.17. The first-order valence-electron chi connectivity index (χ1n) is 8.42. The summed E-state index contributed by atoms with van der Waals surface area (Å²) < 4.78 is 11.6. The van der Waals surface area contributed by atoms with Crippen molar-refractivity contribution in [1.82, 2.24) is 5.43 Å². The third-order valence-electron chi connectivity index (χ3n) is 4.18. The fourth-order valence-corrected chi connectivity index (χ4v) is 3.68. The summed E-state index contributed by atoms with van der Waals surface area (Å²) in [5, 5.41) is 7.08. The van der Waals surface area contributed by atoms with Gasteiger partial charge in [-0.3, -0.25) is 9.59 Å². The first kappa shape index (κ1) is 17.2. The number of ether oxygens (including phenoxy) is 2. The number of carbonyl (C=O) groups excluding carboxylic acids is 2. The summed E-state index contributed by atoms with van der Waals surface area (Å²) in [7, 11) is 0. The van der Waals surface area contributed by atoms with Crippen LogP contribution in [0.2, 0.25) is 0 Å². The van der Waals surface area contributed by atoms with Crippen LogP contribution >= 0.6 is 11.3 Å². The number of fused-ring (bicyclic) bond motifs is 2. The zero-order chi connectivity index (χ0) is 18.6. The minimum atomic E-state index is -0.306. The normalized spacial score (nSPS) is 12.6. The van der Waals surface area contributed by atoms with Crippen LogP contribution in [0.25, 0.3) is 10.1 Å². The first-order valence-corrected chi connectivity index (χ1v) is 9.29. The number of amides is 1. The lowest BCUT2D eigenvalue weighted by atomic mass is 10.1. The lowest BCUT2D eigenvalue weighted by Crippen LogP contribution is -2.18. The smallest absolute Gasteiger partial charge is 0.240 e. The molecule has 1 aliphatic rings. The van der Waals surface area contributed by atoms with Gasteiger partial charge < -0.3 is 9.47 Å². The molecule has 1 aromatic heterocycles. The molecule has 4 rings (SSSR count). The molecule has 0 saturated carbocycles. The molecule has 1 amide bonds. The molecule has 0 radical (unpaired) electrons. The molecule has 27 heavy (non-hydrogen) atoms. The number of thiophene rings is 1. The van der Waals surface area contributed by atoms with E-state index in [1.807, 2.05) is 29.6 Å². The topological polar surface area (TPSA) is 77.0 Å². The average molecular weight is 380 g/mol. The summed E-state index contributed by atoms with van der Waals surface area (Å²) in [4.78, 5) is 24.2. The van der Waals surface area contributed by atoms with Crippen LogP contribution in [0, 0.1) is 0 Å². The molecule has 6 nitrogen and oxygen atoms in total. The van der Waals surface area contributed by atoms with Crippen molar-refractivity contribution in [3.05, 3.63) is 59.0 Å². The molecule has 136 valence electrons. The number of nitrogens with one attached hydrogen (secondary N) is 1. The summed E-state index contributed by atoms with van der Waals surface area (Å²) in [6.45, 7) is 0.160. The maximum Gasteiger partial charge on any atom is 0.240 e. The molecule has 2 aromatic carbocycles. The minimum Gasteiger partial charge on any atom is -0.454 e. The number of ketones is 1. The van der Waals surface area contributed by atoms with Gasteiger partial charge in [0.2, 0.25) is 12.7 Å². The third-order valence-corrected chi connectivity index (χ3v) is 5.16. The number of benzene rings is 2. The number of carbonyl (C=O) groups is 2. The van der Waals surface area contributed by atoms with Gasteiger partial charge in [-0.2, -0.15) is 5.10 Å². The quantitative estimate of drug-likeness (QED) is 0.401. The maximum absolute atomic E-state index is 12.2. The van der Waals surface area contributed by atoms with Crippen molar-refractivity contribution in [2.75, 3.05) is 6.79 Å². The van der Waals surface area contributed by atoms with E-state index < -0.39 is 0 Å².